The number of hydrogen-bond donors (Lipinski definition) is 0. The molecule has 0 saturated heterocycles. The van der Waals surface area contributed by atoms with Crippen LogP contribution in [0.5, 0.6) is 5.75 Å². The van der Waals surface area contributed by atoms with Crippen LogP contribution in [0.2, 0.25) is 5.02 Å². The van der Waals surface area contributed by atoms with Crippen LogP contribution in [0.15, 0.2) is 48.5 Å². The van der Waals surface area contributed by atoms with Crippen molar-refractivity contribution in [1.82, 2.24) is 0 Å². The molecule has 0 heterocycles. The largest absolute Gasteiger partial charge is 0.496 e. The SMILES string of the molecule is COc1ccc(Cl)cc1C(=O)Cl.Cc1ccccc1. The van der Waals surface area contributed by atoms with Gasteiger partial charge in [-0.1, -0.05) is 47.5 Å². The Hall–Kier alpha value is -1.51. The molecule has 0 aliphatic carbocycles. The van der Waals surface area contributed by atoms with Crippen LogP contribution in [0.3, 0.4) is 0 Å². The number of halogens is 2. The second kappa shape index (κ2) is 7.82. The highest BCUT2D eigenvalue weighted by atomic mass is 35.5. The first-order chi connectivity index (χ1) is 9.04. The number of hydrogen-bond acceptors (Lipinski definition) is 2. The molecule has 4 heteroatoms. The van der Waals surface area contributed by atoms with Gasteiger partial charge < -0.3 is 4.74 Å². The maximum Gasteiger partial charge on any atom is 0.256 e. The van der Waals surface area contributed by atoms with E-state index in [2.05, 4.69) is 19.1 Å². The lowest BCUT2D eigenvalue weighted by atomic mass is 10.2. The zero-order chi connectivity index (χ0) is 14.3. The first-order valence-corrected chi connectivity index (χ1v) is 6.35. The van der Waals surface area contributed by atoms with Crippen LogP contribution in [-0.4, -0.2) is 12.4 Å². The van der Waals surface area contributed by atoms with E-state index >= 15 is 0 Å². The molecular weight excluding hydrogens is 283 g/mol. The van der Waals surface area contributed by atoms with Crippen molar-refractivity contribution in [3.8, 4) is 5.75 Å². The zero-order valence-corrected chi connectivity index (χ0v) is 12.2. The van der Waals surface area contributed by atoms with Gasteiger partial charge >= 0.3 is 0 Å². The average molecular weight is 297 g/mol. The van der Waals surface area contributed by atoms with Crippen LogP contribution in [0.25, 0.3) is 0 Å². The highest BCUT2D eigenvalue weighted by Crippen LogP contribution is 2.23. The minimum absolute atomic E-state index is 0.284. The van der Waals surface area contributed by atoms with Crippen LogP contribution in [-0.2, 0) is 0 Å². The summed E-state index contributed by atoms with van der Waals surface area (Å²) < 4.78 is 4.90. The first kappa shape index (κ1) is 15.5. The molecule has 2 nitrogen and oxygen atoms in total. The van der Waals surface area contributed by atoms with Crippen molar-refractivity contribution in [3.63, 3.8) is 0 Å². The highest BCUT2D eigenvalue weighted by molar-refractivity contribution is 6.68. The van der Waals surface area contributed by atoms with E-state index in [0.717, 1.165) is 0 Å². The number of carbonyl (C=O) groups excluding carboxylic acids is 1. The lowest BCUT2D eigenvalue weighted by Crippen LogP contribution is -1.94. The van der Waals surface area contributed by atoms with Gasteiger partial charge in [-0.05, 0) is 36.7 Å². The Morgan fingerprint density at radius 1 is 1.11 bits per heavy atom. The fourth-order valence-electron chi connectivity index (χ4n) is 1.37. The summed E-state index contributed by atoms with van der Waals surface area (Å²) in [5, 5.41) is -0.117. The molecule has 0 aliphatic rings. The topological polar surface area (TPSA) is 26.3 Å². The molecule has 19 heavy (non-hydrogen) atoms. The van der Waals surface area contributed by atoms with Gasteiger partial charge in [0.2, 0.25) is 0 Å². The maximum atomic E-state index is 10.8. The van der Waals surface area contributed by atoms with E-state index in [1.54, 1.807) is 12.1 Å². The lowest BCUT2D eigenvalue weighted by Gasteiger charge is -2.03. The summed E-state index contributed by atoms with van der Waals surface area (Å²) in [7, 11) is 1.46. The minimum atomic E-state index is -0.575. The number of benzene rings is 2. The molecule has 0 unspecified atom stereocenters. The summed E-state index contributed by atoms with van der Waals surface area (Å²) in [5.41, 5.74) is 1.61. The summed E-state index contributed by atoms with van der Waals surface area (Å²) in [6.45, 7) is 2.08. The van der Waals surface area contributed by atoms with Crippen LogP contribution >= 0.6 is 23.2 Å². The number of aryl methyl sites for hydroxylation is 1. The predicted octanol–water partition coefficient (Wildman–Crippen LogP) is 4.72. The Balaban J connectivity index is 0.000000218. The molecule has 0 radical (unpaired) electrons. The molecular formula is C15H14Cl2O2. The fraction of sp³-hybridized carbons (Fsp3) is 0.133. The summed E-state index contributed by atoms with van der Waals surface area (Å²) in [6.07, 6.45) is 0. The summed E-state index contributed by atoms with van der Waals surface area (Å²) in [5.74, 6) is 0.430. The summed E-state index contributed by atoms with van der Waals surface area (Å²) in [6, 6.07) is 15.0. The average Bonchev–Trinajstić information content (AvgIpc) is 2.40. The van der Waals surface area contributed by atoms with Crippen LogP contribution < -0.4 is 4.74 Å². The van der Waals surface area contributed by atoms with E-state index in [-0.39, 0.29) is 5.56 Å². The van der Waals surface area contributed by atoms with Gasteiger partial charge in [0.05, 0.1) is 12.7 Å². The van der Waals surface area contributed by atoms with E-state index in [1.807, 2.05) is 18.2 Å². The summed E-state index contributed by atoms with van der Waals surface area (Å²) in [4.78, 5) is 10.8. The second-order valence-corrected chi connectivity index (χ2v) is 4.55. The number of carbonyl (C=O) groups is 1. The third-order valence-corrected chi connectivity index (χ3v) is 2.75. The molecule has 0 amide bonds. The molecule has 2 aromatic carbocycles. The van der Waals surface area contributed by atoms with E-state index < -0.39 is 5.24 Å². The molecule has 0 aliphatic heterocycles. The van der Waals surface area contributed by atoms with Gasteiger partial charge in [-0.2, -0.15) is 0 Å². The van der Waals surface area contributed by atoms with Gasteiger partial charge in [-0.15, -0.1) is 0 Å². The molecule has 2 aromatic rings. The van der Waals surface area contributed by atoms with E-state index in [1.165, 1.54) is 18.7 Å². The number of methoxy groups -OCH3 is 1. The third-order valence-electron chi connectivity index (χ3n) is 2.31. The molecule has 0 saturated carbocycles. The minimum Gasteiger partial charge on any atom is -0.496 e. The van der Waals surface area contributed by atoms with Crippen LogP contribution in [0.4, 0.5) is 0 Å². The van der Waals surface area contributed by atoms with Crippen molar-refractivity contribution in [2.45, 2.75) is 6.92 Å². The van der Waals surface area contributed by atoms with Crippen LogP contribution in [0, 0.1) is 6.92 Å². The molecule has 2 rings (SSSR count). The van der Waals surface area contributed by atoms with Gasteiger partial charge in [0.25, 0.3) is 5.24 Å². The fourth-order valence-corrected chi connectivity index (χ4v) is 1.69. The quantitative estimate of drug-likeness (QED) is 0.749. The zero-order valence-electron chi connectivity index (χ0n) is 10.7. The molecule has 0 aromatic heterocycles. The molecule has 0 fully saturated rings. The van der Waals surface area contributed by atoms with Crippen molar-refractivity contribution < 1.29 is 9.53 Å². The van der Waals surface area contributed by atoms with Crippen LogP contribution in [0.1, 0.15) is 15.9 Å². The number of ether oxygens (including phenoxy) is 1. The summed E-state index contributed by atoms with van der Waals surface area (Å²) >= 11 is 10.9. The van der Waals surface area contributed by atoms with Crippen molar-refractivity contribution in [2.75, 3.05) is 7.11 Å². The van der Waals surface area contributed by atoms with Gasteiger partial charge in [-0.3, -0.25) is 4.79 Å². The normalized spacial score (nSPS) is 9.26. The highest BCUT2D eigenvalue weighted by Gasteiger charge is 2.09. The second-order valence-electron chi connectivity index (χ2n) is 3.77. The Morgan fingerprint density at radius 3 is 2.16 bits per heavy atom. The van der Waals surface area contributed by atoms with Crippen molar-refractivity contribution in [3.05, 3.63) is 64.7 Å². The Labute approximate surface area is 122 Å². The number of rotatable bonds is 2. The van der Waals surface area contributed by atoms with E-state index in [4.69, 9.17) is 27.9 Å². The van der Waals surface area contributed by atoms with Gasteiger partial charge in [-0.25, -0.2) is 0 Å². The monoisotopic (exact) mass is 296 g/mol. The first-order valence-electron chi connectivity index (χ1n) is 5.59. The van der Waals surface area contributed by atoms with Crippen molar-refractivity contribution >= 4 is 28.4 Å². The van der Waals surface area contributed by atoms with Gasteiger partial charge in [0, 0.05) is 5.02 Å². The van der Waals surface area contributed by atoms with Crippen molar-refractivity contribution in [2.24, 2.45) is 0 Å². The molecule has 0 bridgehead atoms. The van der Waals surface area contributed by atoms with E-state index in [9.17, 15) is 4.79 Å². The lowest BCUT2D eigenvalue weighted by molar-refractivity contribution is 0.107. The smallest absolute Gasteiger partial charge is 0.256 e. The molecule has 0 spiro atoms. The van der Waals surface area contributed by atoms with Gasteiger partial charge in [0.15, 0.2) is 0 Å². The predicted molar refractivity (Wildman–Crippen MR) is 79.4 cm³/mol. The van der Waals surface area contributed by atoms with E-state index in [0.29, 0.717) is 10.8 Å². The van der Waals surface area contributed by atoms with Crippen molar-refractivity contribution in [1.29, 1.82) is 0 Å². The standard InChI is InChI=1S/C8H6Cl2O2.C7H8/c1-12-7-3-2-5(9)4-6(7)8(10)11;1-7-5-3-2-4-6-7/h2-4H,1H3;2-6H,1H3. The molecule has 0 atom stereocenters. The third kappa shape index (κ3) is 5.33. The molecule has 100 valence electrons. The molecule has 0 N–H and O–H groups in total. The maximum absolute atomic E-state index is 10.8. The Morgan fingerprint density at radius 2 is 1.74 bits per heavy atom. The Kier molecular flexibility index (Phi) is 6.40. The Bertz CT molecular complexity index is 539. The van der Waals surface area contributed by atoms with Gasteiger partial charge in [0.1, 0.15) is 5.75 Å².